The highest BCUT2D eigenvalue weighted by molar-refractivity contribution is 7.90. The summed E-state index contributed by atoms with van der Waals surface area (Å²) in [6.07, 6.45) is 3.32. The Bertz CT molecular complexity index is 1420. The molecule has 0 unspecified atom stereocenters. The summed E-state index contributed by atoms with van der Waals surface area (Å²) < 4.78 is 29.6. The SMILES string of the molecule is CCc1nnc(-c2cnc(Nc3ccc(S(C)(=O)=O)c(C)c3)nc2N[C@H](CO)c2ccccc2)o1. The molecule has 2 heterocycles. The Kier molecular flexibility index (Phi) is 7.08. The molecule has 3 N–H and O–H groups in total. The summed E-state index contributed by atoms with van der Waals surface area (Å²) in [5, 5.41) is 24.5. The van der Waals surface area contributed by atoms with Crippen molar-refractivity contribution < 1.29 is 17.9 Å². The van der Waals surface area contributed by atoms with Crippen LogP contribution in [-0.4, -0.2) is 46.6 Å². The van der Waals surface area contributed by atoms with Gasteiger partial charge in [-0.25, -0.2) is 13.4 Å². The zero-order valence-corrected chi connectivity index (χ0v) is 20.4. The van der Waals surface area contributed by atoms with Crippen LogP contribution in [0.2, 0.25) is 0 Å². The predicted molar refractivity (Wildman–Crippen MR) is 132 cm³/mol. The van der Waals surface area contributed by atoms with Gasteiger partial charge in [-0.2, -0.15) is 4.98 Å². The fourth-order valence-electron chi connectivity index (χ4n) is 3.57. The van der Waals surface area contributed by atoms with E-state index in [2.05, 4.69) is 30.8 Å². The van der Waals surface area contributed by atoms with Gasteiger partial charge in [-0.05, 0) is 36.2 Å². The highest BCUT2D eigenvalue weighted by atomic mass is 32.2. The Morgan fingerprint density at radius 1 is 1.11 bits per heavy atom. The van der Waals surface area contributed by atoms with Gasteiger partial charge in [-0.1, -0.05) is 37.3 Å². The van der Waals surface area contributed by atoms with Crippen LogP contribution in [0.1, 0.15) is 30.0 Å². The van der Waals surface area contributed by atoms with Gasteiger partial charge < -0.3 is 20.2 Å². The minimum Gasteiger partial charge on any atom is -0.421 e. The number of aromatic nitrogens is 4. The Morgan fingerprint density at radius 2 is 1.89 bits per heavy atom. The molecule has 0 bridgehead atoms. The summed E-state index contributed by atoms with van der Waals surface area (Å²) >= 11 is 0. The van der Waals surface area contributed by atoms with Gasteiger partial charge >= 0.3 is 0 Å². The smallest absolute Gasteiger partial charge is 0.253 e. The lowest BCUT2D eigenvalue weighted by Gasteiger charge is -2.19. The first-order chi connectivity index (χ1) is 16.8. The topological polar surface area (TPSA) is 143 Å². The van der Waals surface area contributed by atoms with Crippen LogP contribution in [-0.2, 0) is 16.3 Å². The van der Waals surface area contributed by atoms with Gasteiger partial charge in [0, 0.05) is 24.6 Å². The molecule has 0 radical (unpaired) electrons. The number of rotatable bonds is 9. The van der Waals surface area contributed by atoms with Crippen molar-refractivity contribution in [2.24, 2.45) is 0 Å². The molecule has 1 atom stereocenters. The van der Waals surface area contributed by atoms with Crippen molar-refractivity contribution in [3.63, 3.8) is 0 Å². The fraction of sp³-hybridized carbons (Fsp3) is 0.250. The summed E-state index contributed by atoms with van der Waals surface area (Å²) in [6, 6.07) is 14.0. The minimum absolute atomic E-state index is 0.174. The molecule has 0 saturated carbocycles. The first kappa shape index (κ1) is 24.3. The van der Waals surface area contributed by atoms with Crippen LogP contribution in [0.5, 0.6) is 0 Å². The molecule has 11 heteroatoms. The molecule has 0 aliphatic carbocycles. The van der Waals surface area contributed by atoms with Gasteiger partial charge in [0.25, 0.3) is 5.89 Å². The Balaban J connectivity index is 1.70. The molecular weight excluding hydrogens is 468 g/mol. The van der Waals surface area contributed by atoms with E-state index in [0.717, 1.165) is 5.56 Å². The highest BCUT2D eigenvalue weighted by Gasteiger charge is 2.20. The summed E-state index contributed by atoms with van der Waals surface area (Å²) in [7, 11) is -3.33. The van der Waals surface area contributed by atoms with Crippen LogP contribution < -0.4 is 10.6 Å². The number of anilines is 3. The summed E-state index contributed by atoms with van der Waals surface area (Å²) in [6.45, 7) is 3.46. The summed E-state index contributed by atoms with van der Waals surface area (Å²) in [4.78, 5) is 9.25. The van der Waals surface area contributed by atoms with E-state index in [1.54, 1.807) is 31.3 Å². The number of hydrogen-bond acceptors (Lipinski definition) is 10. The predicted octanol–water partition coefficient (Wildman–Crippen LogP) is 3.69. The number of benzene rings is 2. The largest absolute Gasteiger partial charge is 0.421 e. The van der Waals surface area contributed by atoms with Gasteiger partial charge in [0.2, 0.25) is 11.8 Å². The molecule has 0 spiro atoms. The van der Waals surface area contributed by atoms with Crippen LogP contribution in [0.3, 0.4) is 0 Å². The average Bonchev–Trinajstić information content (AvgIpc) is 3.31. The van der Waals surface area contributed by atoms with Gasteiger partial charge in [0.1, 0.15) is 5.82 Å². The third kappa shape index (κ3) is 5.64. The molecule has 0 fully saturated rings. The van der Waals surface area contributed by atoms with E-state index in [0.29, 0.717) is 34.9 Å². The van der Waals surface area contributed by atoms with Crippen molar-refractivity contribution in [2.75, 3.05) is 23.5 Å². The van der Waals surface area contributed by atoms with Crippen molar-refractivity contribution in [3.05, 3.63) is 71.7 Å². The lowest BCUT2D eigenvalue weighted by molar-refractivity contribution is 0.276. The average molecular weight is 495 g/mol. The molecule has 0 amide bonds. The maximum atomic E-state index is 11.9. The highest BCUT2D eigenvalue weighted by Crippen LogP contribution is 2.30. The van der Waals surface area contributed by atoms with Crippen molar-refractivity contribution in [1.29, 1.82) is 0 Å². The normalized spacial score (nSPS) is 12.3. The second-order valence-corrected chi connectivity index (χ2v) is 9.96. The number of aryl methyl sites for hydroxylation is 2. The molecule has 2 aromatic carbocycles. The monoisotopic (exact) mass is 494 g/mol. The lowest BCUT2D eigenvalue weighted by atomic mass is 10.1. The molecule has 0 saturated heterocycles. The molecule has 35 heavy (non-hydrogen) atoms. The summed E-state index contributed by atoms with van der Waals surface area (Å²) in [5.41, 5.74) is 2.60. The molecule has 2 aromatic heterocycles. The summed E-state index contributed by atoms with van der Waals surface area (Å²) in [5.74, 6) is 1.40. The van der Waals surface area contributed by atoms with Gasteiger partial charge in [0.05, 0.1) is 23.1 Å². The van der Waals surface area contributed by atoms with Crippen LogP contribution in [0, 0.1) is 6.92 Å². The van der Waals surface area contributed by atoms with E-state index in [1.165, 1.54) is 6.26 Å². The standard InChI is InChI=1S/C24H26N6O4S/c1-4-21-29-30-23(34-21)18-13-25-24(26-17-10-11-20(15(2)12-17)35(3,32)33)28-22(18)27-19(14-31)16-8-6-5-7-9-16/h5-13,19,31H,4,14H2,1-3H3,(H2,25,26,27,28)/t19-/m1/s1. The first-order valence-corrected chi connectivity index (χ1v) is 12.9. The molecular formula is C24H26N6O4S. The fourth-order valence-corrected chi connectivity index (χ4v) is 4.53. The second kappa shape index (κ2) is 10.2. The van der Waals surface area contributed by atoms with Gasteiger partial charge in [-0.15, -0.1) is 10.2 Å². The quantitative estimate of drug-likeness (QED) is 0.315. The number of nitrogens with zero attached hydrogens (tertiary/aromatic N) is 4. The number of sulfone groups is 1. The number of nitrogens with one attached hydrogen (secondary N) is 2. The molecule has 0 aliphatic rings. The third-order valence-electron chi connectivity index (χ3n) is 5.31. The lowest BCUT2D eigenvalue weighted by Crippen LogP contribution is -2.17. The Morgan fingerprint density at radius 3 is 2.51 bits per heavy atom. The Hall–Kier alpha value is -3.83. The molecule has 4 rings (SSSR count). The number of aliphatic hydroxyl groups is 1. The first-order valence-electron chi connectivity index (χ1n) is 11.0. The van der Waals surface area contributed by atoms with Gasteiger partial charge in [0.15, 0.2) is 9.84 Å². The maximum Gasteiger partial charge on any atom is 0.253 e. The van der Waals surface area contributed by atoms with Crippen LogP contribution in [0.4, 0.5) is 17.5 Å². The minimum atomic E-state index is -3.33. The van der Waals surface area contributed by atoms with E-state index in [9.17, 15) is 13.5 Å². The van der Waals surface area contributed by atoms with Crippen molar-refractivity contribution in [1.82, 2.24) is 20.2 Å². The van der Waals surface area contributed by atoms with E-state index in [1.807, 2.05) is 37.3 Å². The molecule has 10 nitrogen and oxygen atoms in total. The van der Waals surface area contributed by atoms with Crippen molar-refractivity contribution in [2.45, 2.75) is 31.2 Å². The van der Waals surface area contributed by atoms with Crippen molar-refractivity contribution in [3.8, 4) is 11.5 Å². The van der Waals surface area contributed by atoms with Gasteiger partial charge in [-0.3, -0.25) is 0 Å². The Labute approximate surface area is 203 Å². The van der Waals surface area contributed by atoms with E-state index in [4.69, 9.17) is 4.42 Å². The van der Waals surface area contributed by atoms with Crippen molar-refractivity contribution >= 4 is 27.3 Å². The van der Waals surface area contributed by atoms with E-state index < -0.39 is 15.9 Å². The molecule has 0 aliphatic heterocycles. The maximum absolute atomic E-state index is 11.9. The van der Waals surface area contributed by atoms with E-state index >= 15 is 0 Å². The molecule has 4 aromatic rings. The zero-order valence-electron chi connectivity index (χ0n) is 19.6. The second-order valence-electron chi connectivity index (χ2n) is 7.98. The van der Waals surface area contributed by atoms with E-state index in [-0.39, 0.29) is 23.3 Å². The number of hydrogen-bond donors (Lipinski definition) is 3. The molecule has 182 valence electrons. The van der Waals surface area contributed by atoms with Crippen LogP contribution in [0.15, 0.2) is 64.0 Å². The zero-order chi connectivity index (χ0) is 25.0. The van der Waals surface area contributed by atoms with Crippen LogP contribution >= 0.6 is 0 Å². The van der Waals surface area contributed by atoms with Crippen LogP contribution in [0.25, 0.3) is 11.5 Å². The number of aliphatic hydroxyl groups excluding tert-OH is 1. The third-order valence-corrected chi connectivity index (χ3v) is 6.57.